The quantitative estimate of drug-likeness (QED) is 0.564. The van der Waals surface area contributed by atoms with Gasteiger partial charge < -0.3 is 0 Å². The van der Waals surface area contributed by atoms with E-state index in [4.69, 9.17) is 0 Å². The molecule has 0 bridgehead atoms. The Morgan fingerprint density at radius 3 is 2.85 bits per heavy atom. The molecular weight excluding hydrogens is 294 g/mol. The largest absolute Gasteiger partial charge is 0.253 e. The summed E-state index contributed by atoms with van der Waals surface area (Å²) in [4.78, 5) is 5.98. The second-order valence-electron chi connectivity index (χ2n) is 4.03. The summed E-state index contributed by atoms with van der Waals surface area (Å²) in [6, 6.07) is 5.66. The fraction of sp³-hybridized carbons (Fsp3) is 0.0909. The lowest BCUT2D eigenvalue weighted by atomic mass is 10.3. The number of hydrogen-bond donors (Lipinski definition) is 0. The lowest BCUT2D eigenvalue weighted by Crippen LogP contribution is -1.92. The van der Waals surface area contributed by atoms with Gasteiger partial charge >= 0.3 is 0 Å². The van der Waals surface area contributed by atoms with Crippen LogP contribution in [-0.4, -0.2) is 34.4 Å². The zero-order valence-corrected chi connectivity index (χ0v) is 11.9. The predicted octanol–water partition coefficient (Wildman–Crippen LogP) is 2.07. The van der Waals surface area contributed by atoms with Gasteiger partial charge in [0.1, 0.15) is 10.6 Å². The number of rotatable bonds is 2. The number of nitrogens with zero attached hydrogens (tertiary/aromatic N) is 7. The van der Waals surface area contributed by atoms with Gasteiger partial charge in [0.25, 0.3) is 0 Å². The van der Waals surface area contributed by atoms with Crippen LogP contribution in [0.5, 0.6) is 0 Å². The highest BCUT2D eigenvalue weighted by Crippen LogP contribution is 2.30. The normalized spacial score (nSPS) is 11.2. The minimum atomic E-state index is 0.637. The smallest absolute Gasteiger partial charge is 0.235 e. The van der Waals surface area contributed by atoms with Crippen LogP contribution >= 0.6 is 22.9 Å². The van der Waals surface area contributed by atoms with Crippen LogP contribution in [-0.2, 0) is 0 Å². The third-order valence-electron chi connectivity index (χ3n) is 2.73. The standard InChI is InChI=1S/C11H7N7S2/c1-6-8(20-17-13-6)10-16-18-9(14-15-11(18)19-10)7-4-2-3-5-12-7/h2-5H,1H3. The van der Waals surface area contributed by atoms with Crippen molar-refractivity contribution >= 4 is 27.8 Å². The highest BCUT2D eigenvalue weighted by atomic mass is 32.1. The highest BCUT2D eigenvalue weighted by molar-refractivity contribution is 7.23. The number of aromatic nitrogens is 7. The van der Waals surface area contributed by atoms with Crippen molar-refractivity contribution in [3.05, 3.63) is 30.1 Å². The van der Waals surface area contributed by atoms with Crippen molar-refractivity contribution in [3.8, 4) is 21.4 Å². The fourth-order valence-electron chi connectivity index (χ4n) is 1.79. The van der Waals surface area contributed by atoms with Gasteiger partial charge in [-0.2, -0.15) is 9.61 Å². The van der Waals surface area contributed by atoms with Crippen molar-refractivity contribution in [1.29, 1.82) is 0 Å². The molecule has 4 heterocycles. The topological polar surface area (TPSA) is 81.8 Å². The second kappa shape index (κ2) is 4.39. The molecular formula is C11H7N7S2. The molecule has 98 valence electrons. The summed E-state index contributed by atoms with van der Waals surface area (Å²) >= 11 is 2.80. The van der Waals surface area contributed by atoms with E-state index in [2.05, 4.69) is 29.9 Å². The molecule has 0 N–H and O–H groups in total. The van der Waals surface area contributed by atoms with Crippen LogP contribution in [0.3, 0.4) is 0 Å². The van der Waals surface area contributed by atoms with Crippen molar-refractivity contribution < 1.29 is 0 Å². The van der Waals surface area contributed by atoms with Crippen LogP contribution in [0.1, 0.15) is 5.69 Å². The summed E-state index contributed by atoms with van der Waals surface area (Å²) in [5, 5.41) is 17.7. The van der Waals surface area contributed by atoms with Crippen molar-refractivity contribution in [2.24, 2.45) is 0 Å². The maximum absolute atomic E-state index is 4.55. The lowest BCUT2D eigenvalue weighted by molar-refractivity contribution is 0.961. The zero-order chi connectivity index (χ0) is 13.5. The number of fused-ring (bicyclic) bond motifs is 1. The monoisotopic (exact) mass is 301 g/mol. The van der Waals surface area contributed by atoms with Crippen molar-refractivity contribution in [2.45, 2.75) is 6.92 Å². The van der Waals surface area contributed by atoms with E-state index < -0.39 is 0 Å². The number of aryl methyl sites for hydroxylation is 1. The first-order valence-electron chi connectivity index (χ1n) is 5.76. The highest BCUT2D eigenvalue weighted by Gasteiger charge is 2.17. The first-order valence-corrected chi connectivity index (χ1v) is 7.35. The van der Waals surface area contributed by atoms with Crippen LogP contribution in [0.25, 0.3) is 26.4 Å². The Morgan fingerprint density at radius 1 is 1.15 bits per heavy atom. The van der Waals surface area contributed by atoms with Gasteiger partial charge in [-0.25, -0.2) is 0 Å². The van der Waals surface area contributed by atoms with E-state index in [1.807, 2.05) is 25.1 Å². The Kier molecular flexibility index (Phi) is 2.54. The molecule has 0 radical (unpaired) electrons. The molecule has 0 saturated carbocycles. The molecule has 4 aromatic rings. The third-order valence-corrected chi connectivity index (χ3v) is 4.61. The van der Waals surface area contributed by atoms with Gasteiger partial charge in [0.2, 0.25) is 10.8 Å². The minimum absolute atomic E-state index is 0.637. The molecule has 20 heavy (non-hydrogen) atoms. The predicted molar refractivity (Wildman–Crippen MR) is 75.5 cm³/mol. The van der Waals surface area contributed by atoms with Crippen LogP contribution in [0, 0.1) is 6.92 Å². The average Bonchev–Trinajstić information content (AvgIpc) is 3.13. The maximum atomic E-state index is 4.55. The molecule has 0 amide bonds. The summed E-state index contributed by atoms with van der Waals surface area (Å²) in [5.41, 5.74) is 1.62. The SMILES string of the molecule is Cc1nnsc1-c1nn2c(-c3ccccn3)nnc2s1. The Labute approximate surface area is 121 Å². The first kappa shape index (κ1) is 11.6. The summed E-state index contributed by atoms with van der Waals surface area (Å²) < 4.78 is 5.64. The molecule has 0 spiro atoms. The van der Waals surface area contributed by atoms with Gasteiger partial charge in [-0.15, -0.1) is 15.3 Å². The molecule has 0 aliphatic carbocycles. The maximum Gasteiger partial charge on any atom is 0.235 e. The molecule has 9 heteroatoms. The Hall–Kier alpha value is -2.26. The van der Waals surface area contributed by atoms with E-state index in [0.29, 0.717) is 5.82 Å². The molecule has 4 rings (SSSR count). The van der Waals surface area contributed by atoms with Gasteiger partial charge in [0, 0.05) is 6.20 Å². The van der Waals surface area contributed by atoms with E-state index in [0.717, 1.165) is 26.2 Å². The van der Waals surface area contributed by atoms with E-state index in [1.54, 1.807) is 10.7 Å². The van der Waals surface area contributed by atoms with E-state index in [-0.39, 0.29) is 0 Å². The van der Waals surface area contributed by atoms with Crippen LogP contribution in [0.15, 0.2) is 24.4 Å². The molecule has 0 aliphatic heterocycles. The van der Waals surface area contributed by atoms with Crippen LogP contribution in [0.2, 0.25) is 0 Å². The molecule has 0 saturated heterocycles. The summed E-state index contributed by atoms with van der Waals surface area (Å²) in [6.45, 7) is 1.92. The lowest BCUT2D eigenvalue weighted by Gasteiger charge is -1.94. The number of hydrogen-bond acceptors (Lipinski definition) is 8. The average molecular weight is 301 g/mol. The minimum Gasteiger partial charge on any atom is -0.253 e. The molecule has 0 fully saturated rings. The molecule has 0 aromatic carbocycles. The third kappa shape index (κ3) is 1.71. The Bertz CT molecular complexity index is 877. The van der Waals surface area contributed by atoms with E-state index in [1.165, 1.54) is 22.9 Å². The molecule has 0 aliphatic rings. The van der Waals surface area contributed by atoms with Gasteiger partial charge in [0.15, 0.2) is 5.01 Å². The Morgan fingerprint density at radius 2 is 2.10 bits per heavy atom. The zero-order valence-electron chi connectivity index (χ0n) is 10.3. The van der Waals surface area contributed by atoms with E-state index in [9.17, 15) is 0 Å². The second-order valence-corrected chi connectivity index (χ2v) is 5.74. The van der Waals surface area contributed by atoms with Crippen molar-refractivity contribution in [2.75, 3.05) is 0 Å². The van der Waals surface area contributed by atoms with Crippen LogP contribution in [0.4, 0.5) is 0 Å². The molecule has 7 nitrogen and oxygen atoms in total. The first-order chi connectivity index (χ1) is 9.83. The molecule has 0 atom stereocenters. The Balaban J connectivity index is 1.90. The van der Waals surface area contributed by atoms with Crippen molar-refractivity contribution in [3.63, 3.8) is 0 Å². The summed E-state index contributed by atoms with van der Waals surface area (Å²) in [5.74, 6) is 0.637. The van der Waals surface area contributed by atoms with Crippen LogP contribution < -0.4 is 0 Å². The fourth-order valence-corrected chi connectivity index (χ4v) is 3.40. The van der Waals surface area contributed by atoms with Gasteiger partial charge in [-0.3, -0.25) is 4.98 Å². The van der Waals surface area contributed by atoms with Gasteiger partial charge in [-0.1, -0.05) is 21.9 Å². The number of pyridine rings is 1. The summed E-state index contributed by atoms with van der Waals surface area (Å²) in [7, 11) is 0. The van der Waals surface area contributed by atoms with E-state index >= 15 is 0 Å². The molecule has 4 aromatic heterocycles. The summed E-state index contributed by atoms with van der Waals surface area (Å²) in [6.07, 6.45) is 1.72. The van der Waals surface area contributed by atoms with Gasteiger partial charge in [0.05, 0.1) is 5.69 Å². The van der Waals surface area contributed by atoms with Gasteiger partial charge in [-0.05, 0) is 30.6 Å². The molecule has 0 unspecified atom stereocenters. The van der Waals surface area contributed by atoms with Crippen molar-refractivity contribution in [1.82, 2.24) is 34.4 Å².